The maximum absolute atomic E-state index is 8.10. The highest BCUT2D eigenvalue weighted by Crippen LogP contribution is 2.36. The number of anilines is 4. The Kier molecular flexibility index (Phi) is 8.56. The number of hydrogen-bond acceptors (Lipinski definition) is 11. The van der Waals surface area contributed by atoms with Crippen molar-refractivity contribution < 1.29 is 9.47 Å². The molecule has 0 atom stereocenters. The number of rotatable bonds is 10. The van der Waals surface area contributed by atoms with E-state index in [1.165, 1.54) is 6.33 Å². The summed E-state index contributed by atoms with van der Waals surface area (Å²) in [5.41, 5.74) is 9.55. The SMILES string of the molecule is COCCCNc1nccc(-c2cc(N3CCN(c4ncnc(N)c4C(=N)Br)CC3)c3cc(OC)ccc3c2)n1. The molecule has 5 rings (SSSR count). The number of hydrogen-bond donors (Lipinski definition) is 3. The van der Waals surface area contributed by atoms with Gasteiger partial charge < -0.3 is 30.3 Å². The van der Waals surface area contributed by atoms with Crippen molar-refractivity contribution in [1.29, 1.82) is 5.41 Å². The second-order valence-corrected chi connectivity index (χ2v) is 10.2. The van der Waals surface area contributed by atoms with Crippen LogP contribution in [0.2, 0.25) is 0 Å². The normalized spacial score (nSPS) is 13.5. The molecule has 0 amide bonds. The average molecular weight is 607 g/mol. The Morgan fingerprint density at radius 3 is 2.60 bits per heavy atom. The van der Waals surface area contributed by atoms with Gasteiger partial charge in [-0.2, -0.15) is 0 Å². The number of fused-ring (bicyclic) bond motifs is 1. The molecule has 0 saturated carbocycles. The van der Waals surface area contributed by atoms with E-state index in [1.807, 2.05) is 12.1 Å². The van der Waals surface area contributed by atoms with Gasteiger partial charge >= 0.3 is 0 Å². The van der Waals surface area contributed by atoms with E-state index in [-0.39, 0.29) is 10.4 Å². The lowest BCUT2D eigenvalue weighted by atomic mass is 10.0. The van der Waals surface area contributed by atoms with Crippen LogP contribution in [-0.4, -0.2) is 78.1 Å². The van der Waals surface area contributed by atoms with Gasteiger partial charge in [0.25, 0.3) is 0 Å². The maximum atomic E-state index is 8.10. The molecule has 0 unspecified atom stereocenters. The van der Waals surface area contributed by atoms with Crippen LogP contribution in [0.4, 0.5) is 23.3 Å². The summed E-state index contributed by atoms with van der Waals surface area (Å²) < 4.78 is 10.9. The Labute approximate surface area is 241 Å². The molecule has 208 valence electrons. The van der Waals surface area contributed by atoms with Gasteiger partial charge in [-0.15, -0.1) is 0 Å². The highest BCUT2D eigenvalue weighted by molar-refractivity contribution is 9.18. The molecule has 1 aliphatic rings. The summed E-state index contributed by atoms with van der Waals surface area (Å²) >= 11 is 3.25. The predicted octanol–water partition coefficient (Wildman–Crippen LogP) is 4.17. The van der Waals surface area contributed by atoms with Gasteiger partial charge in [-0.25, -0.2) is 19.9 Å². The number of nitrogens with two attached hydrogens (primary N) is 1. The van der Waals surface area contributed by atoms with Gasteiger partial charge in [0.05, 0.1) is 18.4 Å². The van der Waals surface area contributed by atoms with Crippen LogP contribution >= 0.6 is 15.9 Å². The monoisotopic (exact) mass is 605 g/mol. The molecule has 2 aromatic carbocycles. The predicted molar refractivity (Wildman–Crippen MR) is 163 cm³/mol. The molecular weight excluding hydrogens is 574 g/mol. The number of halogens is 1. The average Bonchev–Trinajstić information content (AvgIpc) is 2.98. The molecule has 11 nitrogen and oxygen atoms in total. The molecule has 0 aliphatic carbocycles. The zero-order chi connectivity index (χ0) is 28.1. The molecule has 0 bridgehead atoms. The zero-order valence-corrected chi connectivity index (χ0v) is 24.1. The number of nitrogens with one attached hydrogen (secondary N) is 2. The van der Waals surface area contributed by atoms with Crippen molar-refractivity contribution in [2.45, 2.75) is 6.42 Å². The standard InChI is InChI=1S/C28H32BrN9O2/c1-39-13-3-7-32-28-33-8-6-22(36-28)19-14-18-4-5-20(40-2)16-21(18)23(15-19)37-9-11-38(12-10-37)27-24(25(29)30)26(31)34-17-35-27/h4-6,8,14-17,30H,3,7,9-13H2,1-2H3,(H2,31,34,35)(H,32,33,36). The van der Waals surface area contributed by atoms with Crippen molar-refractivity contribution in [2.75, 3.05) is 74.4 Å². The smallest absolute Gasteiger partial charge is 0.223 e. The summed E-state index contributed by atoms with van der Waals surface area (Å²) in [5, 5.41) is 13.6. The number of nitrogens with zero attached hydrogens (tertiary/aromatic N) is 6. The lowest BCUT2D eigenvalue weighted by Gasteiger charge is -2.38. The molecule has 4 N–H and O–H groups in total. The van der Waals surface area contributed by atoms with Crippen molar-refractivity contribution in [2.24, 2.45) is 0 Å². The molecule has 4 aromatic rings. The third kappa shape index (κ3) is 5.92. The first-order chi connectivity index (χ1) is 19.5. The van der Waals surface area contributed by atoms with Crippen LogP contribution in [0.15, 0.2) is 48.9 Å². The van der Waals surface area contributed by atoms with Gasteiger partial charge in [-0.3, -0.25) is 5.41 Å². The number of aromatic nitrogens is 4. The second-order valence-electron chi connectivity index (χ2n) is 9.37. The quantitative estimate of drug-likeness (QED) is 0.178. The van der Waals surface area contributed by atoms with Gasteiger partial charge in [-0.05, 0) is 58.1 Å². The van der Waals surface area contributed by atoms with E-state index < -0.39 is 0 Å². The zero-order valence-electron chi connectivity index (χ0n) is 22.5. The molecular formula is C28H32BrN9O2. The van der Waals surface area contributed by atoms with E-state index in [2.05, 4.69) is 70.3 Å². The Hall–Kier alpha value is -4.03. The summed E-state index contributed by atoms with van der Waals surface area (Å²) in [5.74, 6) is 2.36. The molecule has 1 saturated heterocycles. The van der Waals surface area contributed by atoms with Crippen LogP contribution < -0.4 is 25.6 Å². The molecule has 0 spiro atoms. The van der Waals surface area contributed by atoms with Gasteiger partial charge in [-0.1, -0.05) is 6.07 Å². The van der Waals surface area contributed by atoms with Crippen LogP contribution in [0.5, 0.6) is 5.75 Å². The van der Waals surface area contributed by atoms with Crippen molar-refractivity contribution in [3.8, 4) is 17.0 Å². The highest BCUT2D eigenvalue weighted by Gasteiger charge is 2.24. The van der Waals surface area contributed by atoms with Crippen molar-refractivity contribution in [1.82, 2.24) is 19.9 Å². The third-order valence-electron chi connectivity index (χ3n) is 6.90. The fourth-order valence-electron chi connectivity index (χ4n) is 4.87. The highest BCUT2D eigenvalue weighted by atomic mass is 79.9. The first-order valence-corrected chi connectivity index (χ1v) is 13.8. The van der Waals surface area contributed by atoms with Crippen molar-refractivity contribution in [3.63, 3.8) is 0 Å². The number of piperazine rings is 1. The lowest BCUT2D eigenvalue weighted by Crippen LogP contribution is -2.47. The van der Waals surface area contributed by atoms with Gasteiger partial charge in [0.1, 0.15) is 28.3 Å². The first kappa shape index (κ1) is 27.5. The molecule has 3 heterocycles. The Bertz CT molecular complexity index is 1510. The Morgan fingerprint density at radius 1 is 1.05 bits per heavy atom. The molecule has 0 radical (unpaired) electrons. The van der Waals surface area contributed by atoms with Crippen LogP contribution in [0, 0.1) is 5.41 Å². The van der Waals surface area contributed by atoms with Gasteiger partial charge in [0.2, 0.25) is 5.95 Å². The third-order valence-corrected chi connectivity index (χ3v) is 7.29. The molecule has 12 heteroatoms. The van der Waals surface area contributed by atoms with Crippen LogP contribution in [0.1, 0.15) is 12.0 Å². The Balaban J connectivity index is 1.45. The maximum Gasteiger partial charge on any atom is 0.223 e. The van der Waals surface area contributed by atoms with Crippen LogP contribution in [0.25, 0.3) is 22.0 Å². The Morgan fingerprint density at radius 2 is 1.85 bits per heavy atom. The van der Waals surface area contributed by atoms with E-state index in [4.69, 9.17) is 25.6 Å². The van der Waals surface area contributed by atoms with E-state index >= 15 is 0 Å². The molecule has 2 aromatic heterocycles. The lowest BCUT2D eigenvalue weighted by molar-refractivity contribution is 0.197. The van der Waals surface area contributed by atoms with E-state index in [0.717, 1.165) is 59.5 Å². The minimum atomic E-state index is 0.172. The fourth-order valence-corrected chi connectivity index (χ4v) is 5.25. The number of nitrogen functional groups attached to an aromatic ring is 1. The molecule has 1 fully saturated rings. The van der Waals surface area contributed by atoms with Crippen molar-refractivity contribution in [3.05, 3.63) is 54.5 Å². The van der Waals surface area contributed by atoms with Crippen LogP contribution in [-0.2, 0) is 4.74 Å². The van der Waals surface area contributed by atoms with E-state index in [0.29, 0.717) is 37.0 Å². The van der Waals surface area contributed by atoms with E-state index in [1.54, 1.807) is 20.4 Å². The summed E-state index contributed by atoms with van der Waals surface area (Å²) in [4.78, 5) is 22.2. The fraction of sp³-hybridized carbons (Fsp3) is 0.321. The number of ether oxygens (including phenoxy) is 2. The molecule has 1 aliphatic heterocycles. The molecule has 40 heavy (non-hydrogen) atoms. The van der Waals surface area contributed by atoms with E-state index in [9.17, 15) is 0 Å². The van der Waals surface area contributed by atoms with Gasteiger partial charge in [0, 0.05) is 69.3 Å². The minimum Gasteiger partial charge on any atom is -0.497 e. The minimum absolute atomic E-state index is 0.172. The van der Waals surface area contributed by atoms with Crippen molar-refractivity contribution >= 4 is 54.6 Å². The van der Waals surface area contributed by atoms with Gasteiger partial charge in [0.15, 0.2) is 0 Å². The number of methoxy groups -OCH3 is 2. The first-order valence-electron chi connectivity index (χ1n) is 13.0. The number of benzene rings is 2. The summed E-state index contributed by atoms with van der Waals surface area (Å²) in [6.45, 7) is 4.35. The summed E-state index contributed by atoms with van der Waals surface area (Å²) in [6, 6.07) is 12.4. The largest absolute Gasteiger partial charge is 0.497 e. The summed E-state index contributed by atoms with van der Waals surface area (Å²) in [6.07, 6.45) is 4.10. The van der Waals surface area contributed by atoms with Crippen LogP contribution in [0.3, 0.4) is 0 Å². The topological polar surface area (TPSA) is 138 Å². The summed E-state index contributed by atoms with van der Waals surface area (Å²) in [7, 11) is 3.38. The second kappa shape index (κ2) is 12.4.